The zero-order chi connectivity index (χ0) is 23.5. The van der Waals surface area contributed by atoms with E-state index in [-0.39, 0.29) is 30.1 Å². The fraction of sp³-hybridized carbons (Fsp3) is 0.500. The summed E-state index contributed by atoms with van der Waals surface area (Å²) in [5.74, 6) is -2.11. The maximum atomic E-state index is 12.6. The molecule has 0 aliphatic carbocycles. The van der Waals surface area contributed by atoms with E-state index < -0.39 is 35.7 Å². The average Bonchev–Trinajstić information content (AvgIpc) is 3.22. The first-order valence-corrected chi connectivity index (χ1v) is 9.81. The fourth-order valence-corrected chi connectivity index (χ4v) is 2.92. The molecule has 0 bridgehead atoms. The molecule has 2 aromatic rings. The third-order valence-corrected chi connectivity index (χ3v) is 4.43. The lowest BCUT2D eigenvalue weighted by molar-refractivity contribution is -0.159. The molecule has 2 heterocycles. The maximum absolute atomic E-state index is 12.6. The van der Waals surface area contributed by atoms with Gasteiger partial charge in [-0.3, -0.25) is 9.69 Å². The Bertz CT molecular complexity index is 953. The van der Waals surface area contributed by atoms with Gasteiger partial charge in [0.1, 0.15) is 5.60 Å². The predicted molar refractivity (Wildman–Crippen MR) is 105 cm³/mol. The van der Waals surface area contributed by atoms with Crippen LogP contribution in [0.5, 0.6) is 0 Å². The van der Waals surface area contributed by atoms with Crippen molar-refractivity contribution in [2.75, 3.05) is 26.3 Å². The lowest BCUT2D eigenvalue weighted by atomic mass is 10.1. The molecule has 1 aromatic heterocycles. The van der Waals surface area contributed by atoms with Crippen molar-refractivity contribution in [3.05, 3.63) is 35.7 Å². The van der Waals surface area contributed by atoms with Gasteiger partial charge >= 0.3 is 18.2 Å². The third-order valence-electron chi connectivity index (χ3n) is 4.43. The highest BCUT2D eigenvalue weighted by molar-refractivity contribution is 5.94. The molecule has 1 fully saturated rings. The van der Waals surface area contributed by atoms with Crippen LogP contribution < -0.4 is 5.32 Å². The van der Waals surface area contributed by atoms with Crippen LogP contribution in [-0.4, -0.2) is 65.0 Å². The Hall–Kier alpha value is -3.15. The number of halogens is 3. The van der Waals surface area contributed by atoms with Crippen LogP contribution in [0.25, 0.3) is 11.4 Å². The second kappa shape index (κ2) is 9.15. The van der Waals surface area contributed by atoms with Gasteiger partial charge in [-0.2, -0.15) is 18.2 Å². The van der Waals surface area contributed by atoms with Crippen LogP contribution in [0, 0.1) is 0 Å². The highest BCUT2D eigenvalue weighted by Gasteiger charge is 2.38. The summed E-state index contributed by atoms with van der Waals surface area (Å²) < 4.78 is 52.8. The number of rotatable bonds is 4. The Labute approximate surface area is 181 Å². The standard InChI is InChI=1S/C20H23F3N4O5/c1-19(2,3)31-18(29)27-8-9-30-11-14(27)10-24-16(28)13-6-4-12(5-7-13)15-25-17(32-26-15)20(21,22)23/h4-7,14H,8-11H2,1-3H3,(H,24,28). The van der Waals surface area contributed by atoms with Crippen LogP contribution in [-0.2, 0) is 15.7 Å². The number of carbonyl (C=O) groups is 2. The largest absolute Gasteiger partial charge is 0.471 e. The molecule has 1 aliphatic rings. The van der Waals surface area contributed by atoms with Gasteiger partial charge in [0, 0.05) is 24.2 Å². The van der Waals surface area contributed by atoms with E-state index in [2.05, 4.69) is 20.0 Å². The van der Waals surface area contributed by atoms with Gasteiger partial charge in [0.05, 0.1) is 19.3 Å². The molecule has 2 amide bonds. The van der Waals surface area contributed by atoms with E-state index in [9.17, 15) is 22.8 Å². The van der Waals surface area contributed by atoms with Crippen molar-refractivity contribution < 1.29 is 36.8 Å². The summed E-state index contributed by atoms with van der Waals surface area (Å²) in [5, 5.41) is 6.04. The van der Waals surface area contributed by atoms with Gasteiger partial charge in [-0.1, -0.05) is 17.3 Å². The molecular formula is C20H23F3N4O5. The van der Waals surface area contributed by atoms with Gasteiger partial charge in [0.25, 0.3) is 5.91 Å². The Morgan fingerprint density at radius 2 is 1.91 bits per heavy atom. The lowest BCUT2D eigenvalue weighted by Gasteiger charge is -2.36. The molecule has 12 heteroatoms. The molecule has 1 N–H and O–H groups in total. The highest BCUT2D eigenvalue weighted by atomic mass is 19.4. The van der Waals surface area contributed by atoms with E-state index >= 15 is 0 Å². The Kier molecular flexibility index (Phi) is 6.72. The molecule has 0 saturated carbocycles. The van der Waals surface area contributed by atoms with Crippen molar-refractivity contribution in [2.24, 2.45) is 0 Å². The van der Waals surface area contributed by atoms with Crippen molar-refractivity contribution in [3.63, 3.8) is 0 Å². The molecule has 0 spiro atoms. The molecule has 1 aliphatic heterocycles. The first-order chi connectivity index (χ1) is 14.9. The second-order valence-electron chi connectivity index (χ2n) is 8.11. The number of amides is 2. The van der Waals surface area contributed by atoms with Crippen LogP contribution in [0.2, 0.25) is 0 Å². The highest BCUT2D eigenvalue weighted by Crippen LogP contribution is 2.29. The smallest absolute Gasteiger partial charge is 0.444 e. The zero-order valence-electron chi connectivity index (χ0n) is 17.7. The number of morpholine rings is 1. The van der Waals surface area contributed by atoms with E-state index in [4.69, 9.17) is 9.47 Å². The van der Waals surface area contributed by atoms with Gasteiger partial charge in [0.15, 0.2) is 0 Å². The molecule has 3 rings (SSSR count). The topological polar surface area (TPSA) is 107 Å². The van der Waals surface area contributed by atoms with Crippen molar-refractivity contribution in [1.29, 1.82) is 0 Å². The normalized spacial score (nSPS) is 17.2. The maximum Gasteiger partial charge on any atom is 0.471 e. The SMILES string of the molecule is CC(C)(C)OC(=O)N1CCOCC1CNC(=O)c1ccc(-c2noc(C(F)(F)F)n2)cc1. The summed E-state index contributed by atoms with van der Waals surface area (Å²) in [6, 6.07) is 5.28. The van der Waals surface area contributed by atoms with E-state index in [1.54, 1.807) is 20.8 Å². The van der Waals surface area contributed by atoms with Gasteiger partial charge in [-0.15, -0.1) is 0 Å². The molecule has 1 unspecified atom stereocenters. The van der Waals surface area contributed by atoms with Gasteiger partial charge in [-0.25, -0.2) is 4.79 Å². The van der Waals surface area contributed by atoms with E-state index in [0.717, 1.165) is 0 Å². The van der Waals surface area contributed by atoms with Crippen molar-refractivity contribution in [3.8, 4) is 11.4 Å². The molecule has 174 valence electrons. The Balaban J connectivity index is 1.60. The predicted octanol–water partition coefficient (Wildman–Crippen LogP) is 3.12. The molecule has 1 atom stereocenters. The van der Waals surface area contributed by atoms with Crippen LogP contribution in [0.1, 0.15) is 37.0 Å². The molecule has 9 nitrogen and oxygen atoms in total. The number of ether oxygens (including phenoxy) is 2. The summed E-state index contributed by atoms with van der Waals surface area (Å²) in [7, 11) is 0. The minimum Gasteiger partial charge on any atom is -0.444 e. The van der Waals surface area contributed by atoms with Gasteiger partial charge < -0.3 is 19.3 Å². The first-order valence-electron chi connectivity index (χ1n) is 9.81. The van der Waals surface area contributed by atoms with Crippen LogP contribution in [0.4, 0.5) is 18.0 Å². The second-order valence-corrected chi connectivity index (χ2v) is 8.11. The molecule has 1 aromatic carbocycles. The minimum atomic E-state index is -4.74. The molecular weight excluding hydrogens is 433 g/mol. The number of alkyl halides is 3. The Morgan fingerprint density at radius 3 is 2.50 bits per heavy atom. The molecule has 1 saturated heterocycles. The quantitative estimate of drug-likeness (QED) is 0.753. The summed E-state index contributed by atoms with van der Waals surface area (Å²) in [6.07, 6.45) is -5.22. The first kappa shape index (κ1) is 23.5. The minimum absolute atomic E-state index is 0.139. The van der Waals surface area contributed by atoms with Crippen molar-refractivity contribution in [2.45, 2.75) is 38.6 Å². The number of hydrogen-bond donors (Lipinski definition) is 1. The summed E-state index contributed by atoms with van der Waals surface area (Å²) in [6.45, 7) is 6.41. The summed E-state index contributed by atoms with van der Waals surface area (Å²) in [4.78, 5) is 29.7. The number of carbonyl (C=O) groups excluding carboxylic acids is 2. The zero-order valence-corrected chi connectivity index (χ0v) is 17.7. The monoisotopic (exact) mass is 456 g/mol. The number of hydrogen-bond acceptors (Lipinski definition) is 7. The van der Waals surface area contributed by atoms with Crippen LogP contribution in [0.15, 0.2) is 28.8 Å². The van der Waals surface area contributed by atoms with Crippen molar-refractivity contribution >= 4 is 12.0 Å². The molecule has 0 radical (unpaired) electrons. The van der Waals surface area contributed by atoms with E-state index in [1.807, 2.05) is 0 Å². The van der Waals surface area contributed by atoms with Gasteiger partial charge in [-0.05, 0) is 32.9 Å². The number of nitrogens with zero attached hydrogens (tertiary/aromatic N) is 3. The average molecular weight is 456 g/mol. The Morgan fingerprint density at radius 1 is 1.22 bits per heavy atom. The molecule has 32 heavy (non-hydrogen) atoms. The number of benzene rings is 1. The van der Waals surface area contributed by atoms with E-state index in [0.29, 0.717) is 13.2 Å². The summed E-state index contributed by atoms with van der Waals surface area (Å²) >= 11 is 0. The van der Waals surface area contributed by atoms with Gasteiger partial charge in [0.2, 0.25) is 5.82 Å². The van der Waals surface area contributed by atoms with E-state index in [1.165, 1.54) is 29.2 Å². The number of aromatic nitrogens is 2. The lowest BCUT2D eigenvalue weighted by Crippen LogP contribution is -2.54. The fourth-order valence-electron chi connectivity index (χ4n) is 2.92. The van der Waals surface area contributed by atoms with Crippen molar-refractivity contribution in [1.82, 2.24) is 20.4 Å². The van der Waals surface area contributed by atoms with Crippen LogP contribution in [0.3, 0.4) is 0 Å². The third kappa shape index (κ3) is 5.96. The van der Waals surface area contributed by atoms with Crippen LogP contribution >= 0.6 is 0 Å². The summed E-state index contributed by atoms with van der Waals surface area (Å²) in [5.41, 5.74) is -0.115. The number of nitrogens with one attached hydrogen (secondary N) is 1.